The quantitative estimate of drug-likeness (QED) is 0.549. The van der Waals surface area contributed by atoms with Crippen molar-refractivity contribution in [2.24, 2.45) is 0 Å². The Labute approximate surface area is 143 Å². The highest BCUT2D eigenvalue weighted by Gasteiger charge is 2.31. The van der Waals surface area contributed by atoms with Crippen LogP contribution in [0.2, 0.25) is 0 Å². The minimum Gasteiger partial charge on any atom is -0.480 e. The number of carboxylic acids is 1. The Kier molecular flexibility index (Phi) is 7.14. The van der Waals surface area contributed by atoms with Gasteiger partial charge in [-0.05, 0) is 20.8 Å². The predicted molar refractivity (Wildman–Crippen MR) is 88.1 cm³/mol. The van der Waals surface area contributed by atoms with E-state index in [-0.39, 0.29) is 26.2 Å². The number of rotatable bonds is 7. The SMILES string of the molecule is CC(C)(C)OC(=O)CNC[C@@H](C(=O)O)N1CCN(S(C)(=O)=O)CC1. The number of carbonyl (C=O) groups is 2. The molecular weight excluding hydrogens is 338 g/mol. The molecule has 0 unspecified atom stereocenters. The van der Waals surface area contributed by atoms with Crippen molar-refractivity contribution in [2.45, 2.75) is 32.4 Å². The zero-order valence-electron chi connectivity index (χ0n) is 14.6. The van der Waals surface area contributed by atoms with E-state index >= 15 is 0 Å². The maximum absolute atomic E-state index is 11.6. The molecule has 1 heterocycles. The van der Waals surface area contributed by atoms with Crippen LogP contribution in [0.3, 0.4) is 0 Å². The third-order valence-corrected chi connectivity index (χ3v) is 4.80. The largest absolute Gasteiger partial charge is 0.480 e. The summed E-state index contributed by atoms with van der Waals surface area (Å²) in [7, 11) is -3.26. The lowest BCUT2D eigenvalue weighted by atomic mass is 10.2. The Bertz CT molecular complexity index is 549. The van der Waals surface area contributed by atoms with Crippen molar-refractivity contribution < 1.29 is 27.9 Å². The number of sulfonamides is 1. The van der Waals surface area contributed by atoms with Crippen LogP contribution in [-0.4, -0.2) is 91.8 Å². The van der Waals surface area contributed by atoms with E-state index in [9.17, 15) is 23.1 Å². The van der Waals surface area contributed by atoms with Crippen molar-refractivity contribution in [1.29, 1.82) is 0 Å². The predicted octanol–water partition coefficient (Wildman–Crippen LogP) is -1.05. The molecule has 1 aliphatic heterocycles. The standard InChI is InChI=1S/C14H27N3O6S/c1-14(2,3)23-12(18)10-15-9-11(13(19)20)16-5-7-17(8-6-16)24(4,21)22/h11,15H,5-10H2,1-4H3,(H,19,20)/t11-/m0/s1. The van der Waals surface area contributed by atoms with Gasteiger partial charge in [-0.15, -0.1) is 0 Å². The molecule has 0 saturated carbocycles. The highest BCUT2D eigenvalue weighted by molar-refractivity contribution is 7.88. The van der Waals surface area contributed by atoms with Gasteiger partial charge in [0.05, 0.1) is 12.8 Å². The summed E-state index contributed by atoms with van der Waals surface area (Å²) in [5.74, 6) is -1.46. The summed E-state index contributed by atoms with van der Waals surface area (Å²) in [6.45, 7) is 6.45. The average molecular weight is 365 g/mol. The highest BCUT2D eigenvalue weighted by atomic mass is 32.2. The molecule has 0 aromatic rings. The van der Waals surface area contributed by atoms with Crippen molar-refractivity contribution in [3.05, 3.63) is 0 Å². The van der Waals surface area contributed by atoms with E-state index in [4.69, 9.17) is 4.74 Å². The van der Waals surface area contributed by atoms with Crippen LogP contribution >= 0.6 is 0 Å². The number of aliphatic carboxylic acids is 1. The number of piperazine rings is 1. The Morgan fingerprint density at radius 3 is 2.17 bits per heavy atom. The number of carbonyl (C=O) groups excluding carboxylic acids is 1. The fraction of sp³-hybridized carbons (Fsp3) is 0.857. The Morgan fingerprint density at radius 2 is 1.75 bits per heavy atom. The van der Waals surface area contributed by atoms with Crippen molar-refractivity contribution >= 4 is 22.0 Å². The van der Waals surface area contributed by atoms with Gasteiger partial charge in [0.15, 0.2) is 0 Å². The average Bonchev–Trinajstić information content (AvgIpc) is 2.40. The molecule has 0 aliphatic carbocycles. The van der Waals surface area contributed by atoms with Gasteiger partial charge in [-0.2, -0.15) is 4.31 Å². The summed E-state index contributed by atoms with van der Waals surface area (Å²) in [5.41, 5.74) is -0.590. The van der Waals surface area contributed by atoms with Crippen molar-refractivity contribution in [2.75, 3.05) is 45.5 Å². The van der Waals surface area contributed by atoms with Crippen LogP contribution in [0.5, 0.6) is 0 Å². The molecule has 0 amide bonds. The minimum absolute atomic E-state index is 0.0768. The fourth-order valence-corrected chi connectivity index (χ4v) is 3.23. The molecule has 140 valence electrons. The van der Waals surface area contributed by atoms with E-state index in [1.54, 1.807) is 25.7 Å². The van der Waals surface area contributed by atoms with E-state index in [2.05, 4.69) is 5.32 Å². The van der Waals surface area contributed by atoms with Crippen LogP contribution in [-0.2, 0) is 24.3 Å². The van der Waals surface area contributed by atoms with Gasteiger partial charge in [0.25, 0.3) is 0 Å². The van der Waals surface area contributed by atoms with E-state index in [0.717, 1.165) is 6.26 Å². The number of nitrogens with zero attached hydrogens (tertiary/aromatic N) is 2. The molecule has 2 N–H and O–H groups in total. The summed E-state index contributed by atoms with van der Waals surface area (Å²) in [4.78, 5) is 24.8. The molecule has 0 aromatic carbocycles. The van der Waals surface area contributed by atoms with Crippen LogP contribution in [0.4, 0.5) is 0 Å². The van der Waals surface area contributed by atoms with Crippen molar-refractivity contribution in [3.8, 4) is 0 Å². The summed E-state index contributed by atoms with van der Waals surface area (Å²) < 4.78 is 29.4. The van der Waals surface area contributed by atoms with Gasteiger partial charge >= 0.3 is 11.9 Å². The fourth-order valence-electron chi connectivity index (χ4n) is 2.41. The molecule has 10 heteroatoms. The van der Waals surface area contributed by atoms with Gasteiger partial charge in [0.2, 0.25) is 10.0 Å². The molecule has 0 aromatic heterocycles. The first-order valence-corrected chi connectivity index (χ1v) is 9.59. The topological polar surface area (TPSA) is 116 Å². The third kappa shape index (κ3) is 7.12. The first-order valence-electron chi connectivity index (χ1n) is 7.74. The zero-order chi connectivity index (χ0) is 18.5. The van der Waals surface area contributed by atoms with Crippen molar-refractivity contribution in [1.82, 2.24) is 14.5 Å². The van der Waals surface area contributed by atoms with Crippen molar-refractivity contribution in [3.63, 3.8) is 0 Å². The maximum atomic E-state index is 11.6. The molecule has 9 nitrogen and oxygen atoms in total. The second-order valence-electron chi connectivity index (χ2n) is 6.77. The van der Waals surface area contributed by atoms with E-state index in [1.807, 2.05) is 0 Å². The monoisotopic (exact) mass is 365 g/mol. The Hall–Kier alpha value is -1.23. The first kappa shape index (κ1) is 20.8. The molecule has 0 radical (unpaired) electrons. The number of ether oxygens (including phenoxy) is 1. The van der Waals surface area contributed by atoms with Gasteiger partial charge < -0.3 is 15.2 Å². The third-order valence-electron chi connectivity index (χ3n) is 3.50. The Balaban J connectivity index is 2.49. The van der Waals surface area contributed by atoms with Gasteiger partial charge in [0.1, 0.15) is 11.6 Å². The zero-order valence-corrected chi connectivity index (χ0v) is 15.4. The molecular formula is C14H27N3O6S. The molecule has 1 fully saturated rings. The molecule has 1 saturated heterocycles. The van der Waals surface area contributed by atoms with E-state index in [1.165, 1.54) is 4.31 Å². The number of hydrogen-bond acceptors (Lipinski definition) is 7. The molecule has 0 spiro atoms. The normalized spacial score (nSPS) is 19.0. The summed E-state index contributed by atoms with van der Waals surface area (Å²) in [6.07, 6.45) is 1.14. The van der Waals surface area contributed by atoms with Crippen LogP contribution in [0.15, 0.2) is 0 Å². The lowest BCUT2D eigenvalue weighted by molar-refractivity contribution is -0.154. The first-order chi connectivity index (χ1) is 10.9. The number of nitrogens with one attached hydrogen (secondary N) is 1. The number of carboxylic acid groups (broad SMARTS) is 1. The van der Waals surface area contributed by atoms with Crippen LogP contribution < -0.4 is 5.32 Å². The molecule has 0 bridgehead atoms. The maximum Gasteiger partial charge on any atom is 0.322 e. The van der Waals surface area contributed by atoms with Crippen LogP contribution in [0.1, 0.15) is 20.8 Å². The highest BCUT2D eigenvalue weighted by Crippen LogP contribution is 2.10. The van der Waals surface area contributed by atoms with E-state index < -0.39 is 33.6 Å². The van der Waals surface area contributed by atoms with Crippen LogP contribution in [0, 0.1) is 0 Å². The Morgan fingerprint density at radius 1 is 1.21 bits per heavy atom. The summed E-state index contributed by atoms with van der Waals surface area (Å²) in [6, 6.07) is -0.825. The smallest absolute Gasteiger partial charge is 0.322 e. The summed E-state index contributed by atoms with van der Waals surface area (Å²) >= 11 is 0. The lowest BCUT2D eigenvalue weighted by Gasteiger charge is -2.36. The second kappa shape index (κ2) is 8.24. The lowest BCUT2D eigenvalue weighted by Crippen LogP contribution is -2.56. The second-order valence-corrected chi connectivity index (χ2v) is 8.75. The van der Waals surface area contributed by atoms with Gasteiger partial charge in [-0.3, -0.25) is 14.5 Å². The molecule has 1 rings (SSSR count). The molecule has 24 heavy (non-hydrogen) atoms. The number of esters is 1. The van der Waals surface area contributed by atoms with E-state index in [0.29, 0.717) is 13.1 Å². The van der Waals surface area contributed by atoms with Gasteiger partial charge in [-0.1, -0.05) is 0 Å². The van der Waals surface area contributed by atoms with Gasteiger partial charge in [-0.25, -0.2) is 8.42 Å². The molecule has 1 atom stereocenters. The molecule has 1 aliphatic rings. The van der Waals surface area contributed by atoms with Gasteiger partial charge in [0, 0.05) is 32.7 Å². The summed E-state index contributed by atoms with van der Waals surface area (Å²) in [5, 5.41) is 12.2. The minimum atomic E-state index is -3.26. The number of hydrogen-bond donors (Lipinski definition) is 2. The van der Waals surface area contributed by atoms with Crippen LogP contribution in [0.25, 0.3) is 0 Å².